The van der Waals surface area contributed by atoms with Crippen molar-refractivity contribution in [2.75, 3.05) is 13.2 Å². The number of unbranched alkanes of at least 4 members (excludes halogenated alkanes) is 32. The third-order valence-corrected chi connectivity index (χ3v) is 12.7. The Balaban J connectivity index is 4.36. The molecule has 394 valence electrons. The van der Waals surface area contributed by atoms with Crippen LogP contribution in [0.5, 0.6) is 0 Å². The van der Waals surface area contributed by atoms with Gasteiger partial charge in [-0.15, -0.1) is 0 Å². The van der Waals surface area contributed by atoms with E-state index in [-0.39, 0.29) is 31.1 Å². The Labute approximate surface area is 421 Å². The Kier molecular flexibility index (Phi) is 54.3. The van der Waals surface area contributed by atoms with Gasteiger partial charge in [-0.1, -0.05) is 229 Å². The predicted molar refractivity (Wildman–Crippen MR) is 293 cm³/mol. The molecule has 0 heterocycles. The molecule has 1 atom stereocenters. The molecule has 0 radical (unpaired) electrons. The van der Waals surface area contributed by atoms with E-state index >= 15 is 0 Å². The molecule has 6 heteroatoms. The molecule has 0 bridgehead atoms. The summed E-state index contributed by atoms with van der Waals surface area (Å²) in [6.07, 6.45) is 70.6. The molecule has 0 aromatic heterocycles. The van der Waals surface area contributed by atoms with Crippen LogP contribution in [0.2, 0.25) is 0 Å². The summed E-state index contributed by atoms with van der Waals surface area (Å²) in [5.41, 5.74) is 0. The Morgan fingerprint density at radius 1 is 0.294 bits per heavy atom. The third-order valence-electron chi connectivity index (χ3n) is 12.7. The van der Waals surface area contributed by atoms with Crippen molar-refractivity contribution in [3.63, 3.8) is 0 Å². The van der Waals surface area contributed by atoms with Crippen LogP contribution in [0.25, 0.3) is 0 Å². The van der Waals surface area contributed by atoms with Crippen molar-refractivity contribution in [3.8, 4) is 0 Å². The molecule has 6 nitrogen and oxygen atoms in total. The molecule has 0 aromatic rings. The number of allylic oxidation sites excluding steroid dienone is 10. The van der Waals surface area contributed by atoms with Crippen molar-refractivity contribution < 1.29 is 28.6 Å². The molecule has 0 aliphatic rings. The highest BCUT2D eigenvalue weighted by atomic mass is 16.6. The van der Waals surface area contributed by atoms with Crippen LogP contribution < -0.4 is 0 Å². The number of hydrogen-bond acceptors (Lipinski definition) is 6. The lowest BCUT2D eigenvalue weighted by Crippen LogP contribution is -2.30. The minimum Gasteiger partial charge on any atom is -0.462 e. The first kappa shape index (κ1) is 65.1. The number of rotatable bonds is 53. The van der Waals surface area contributed by atoms with Crippen molar-refractivity contribution in [1.82, 2.24) is 0 Å². The van der Waals surface area contributed by atoms with Gasteiger partial charge >= 0.3 is 17.9 Å². The lowest BCUT2D eigenvalue weighted by molar-refractivity contribution is -0.167. The van der Waals surface area contributed by atoms with Gasteiger partial charge in [0, 0.05) is 19.3 Å². The zero-order valence-electron chi connectivity index (χ0n) is 45.1. The van der Waals surface area contributed by atoms with Crippen LogP contribution in [0.3, 0.4) is 0 Å². The molecule has 0 amide bonds. The smallest absolute Gasteiger partial charge is 0.306 e. The fourth-order valence-corrected chi connectivity index (χ4v) is 8.26. The summed E-state index contributed by atoms with van der Waals surface area (Å²) >= 11 is 0. The Bertz CT molecular complexity index is 1230. The van der Waals surface area contributed by atoms with Crippen LogP contribution in [-0.2, 0) is 28.6 Å². The van der Waals surface area contributed by atoms with E-state index in [9.17, 15) is 14.4 Å². The Morgan fingerprint density at radius 2 is 0.529 bits per heavy atom. The van der Waals surface area contributed by atoms with Gasteiger partial charge in [-0.3, -0.25) is 14.4 Å². The van der Waals surface area contributed by atoms with Crippen LogP contribution in [0.15, 0.2) is 60.8 Å². The lowest BCUT2D eigenvalue weighted by Gasteiger charge is -2.18. The van der Waals surface area contributed by atoms with E-state index in [1.54, 1.807) is 0 Å². The maximum Gasteiger partial charge on any atom is 0.306 e. The minimum atomic E-state index is -0.786. The van der Waals surface area contributed by atoms with Crippen LogP contribution in [-0.4, -0.2) is 37.2 Å². The summed E-state index contributed by atoms with van der Waals surface area (Å²) in [7, 11) is 0. The van der Waals surface area contributed by atoms with Crippen molar-refractivity contribution in [2.24, 2.45) is 0 Å². The molecule has 0 fully saturated rings. The summed E-state index contributed by atoms with van der Waals surface area (Å²) in [5.74, 6) is -0.900. The molecule has 1 unspecified atom stereocenters. The van der Waals surface area contributed by atoms with E-state index in [0.717, 1.165) is 96.3 Å². The van der Waals surface area contributed by atoms with E-state index in [4.69, 9.17) is 14.2 Å². The van der Waals surface area contributed by atoms with E-state index in [0.29, 0.717) is 19.3 Å². The van der Waals surface area contributed by atoms with Gasteiger partial charge in [-0.25, -0.2) is 0 Å². The first-order valence-corrected chi connectivity index (χ1v) is 29.3. The minimum absolute atomic E-state index is 0.0839. The summed E-state index contributed by atoms with van der Waals surface area (Å²) in [4.78, 5) is 38.1. The Morgan fingerprint density at radius 3 is 0.838 bits per heavy atom. The quantitative estimate of drug-likeness (QED) is 0.0262. The number of ether oxygens (including phenoxy) is 3. The second kappa shape index (κ2) is 56.7. The number of hydrogen-bond donors (Lipinski definition) is 0. The summed E-state index contributed by atoms with van der Waals surface area (Å²) in [6, 6.07) is 0. The molecule has 0 saturated heterocycles. The highest BCUT2D eigenvalue weighted by Gasteiger charge is 2.19. The third kappa shape index (κ3) is 54.1. The predicted octanol–water partition coefficient (Wildman–Crippen LogP) is 19.6. The van der Waals surface area contributed by atoms with Gasteiger partial charge in [-0.05, 0) is 109 Å². The maximum atomic E-state index is 12.8. The van der Waals surface area contributed by atoms with Gasteiger partial charge in [-0.2, -0.15) is 0 Å². The van der Waals surface area contributed by atoms with Crippen molar-refractivity contribution in [1.29, 1.82) is 0 Å². The van der Waals surface area contributed by atoms with E-state index in [2.05, 4.69) is 81.5 Å². The molecular weight excluding hydrogens is 841 g/mol. The average molecular weight is 952 g/mol. The maximum absolute atomic E-state index is 12.8. The second-order valence-corrected chi connectivity index (χ2v) is 19.5. The average Bonchev–Trinajstić information content (AvgIpc) is 3.34. The fourth-order valence-electron chi connectivity index (χ4n) is 8.26. The second-order valence-electron chi connectivity index (χ2n) is 19.5. The fraction of sp³-hybridized carbons (Fsp3) is 0.790. The Hall–Kier alpha value is -2.89. The topological polar surface area (TPSA) is 78.9 Å². The van der Waals surface area contributed by atoms with Crippen molar-refractivity contribution in [3.05, 3.63) is 60.8 Å². The van der Waals surface area contributed by atoms with Gasteiger partial charge in [0.15, 0.2) is 6.10 Å². The van der Waals surface area contributed by atoms with Gasteiger partial charge in [0.1, 0.15) is 13.2 Å². The van der Waals surface area contributed by atoms with E-state index in [1.165, 1.54) is 161 Å². The molecule has 0 rings (SSSR count). The molecule has 0 N–H and O–H groups in total. The van der Waals surface area contributed by atoms with Crippen LogP contribution in [0.1, 0.15) is 297 Å². The van der Waals surface area contributed by atoms with Gasteiger partial charge in [0.2, 0.25) is 0 Å². The lowest BCUT2D eigenvalue weighted by atomic mass is 10.1. The normalized spacial score (nSPS) is 12.5. The van der Waals surface area contributed by atoms with Gasteiger partial charge in [0.25, 0.3) is 0 Å². The van der Waals surface area contributed by atoms with Crippen LogP contribution >= 0.6 is 0 Å². The molecule has 0 aliphatic carbocycles. The van der Waals surface area contributed by atoms with E-state index in [1.807, 2.05) is 0 Å². The number of carbonyl (C=O) groups is 3. The van der Waals surface area contributed by atoms with Crippen molar-refractivity contribution in [2.45, 2.75) is 303 Å². The molecule has 0 saturated carbocycles. The molecule has 68 heavy (non-hydrogen) atoms. The van der Waals surface area contributed by atoms with Gasteiger partial charge in [0.05, 0.1) is 0 Å². The summed E-state index contributed by atoms with van der Waals surface area (Å²) < 4.78 is 16.9. The molecule has 0 aromatic carbocycles. The highest BCUT2D eigenvalue weighted by Crippen LogP contribution is 2.15. The summed E-state index contributed by atoms with van der Waals surface area (Å²) in [6.45, 7) is 6.60. The zero-order chi connectivity index (χ0) is 49.3. The standard InChI is InChI=1S/C62H110O6/c1-4-7-10-13-16-19-22-25-27-29-30-31-32-33-35-37-40-43-46-49-52-55-61(64)67-58-59(57-66-60(63)54-51-48-45-42-39-36-24-21-18-15-12-9-6-3)68-62(65)56-53-50-47-44-41-38-34-28-26-23-20-17-14-11-8-5-2/h20-25,28-30,34,59H,4-19,26-27,31-33,35-58H2,1-3H3/b23-20-,24-21-,25-22-,30-29-,34-28-. The van der Waals surface area contributed by atoms with Crippen LogP contribution in [0.4, 0.5) is 0 Å². The number of esters is 3. The summed E-state index contributed by atoms with van der Waals surface area (Å²) in [5, 5.41) is 0. The molecule has 0 aliphatic heterocycles. The van der Waals surface area contributed by atoms with Crippen LogP contribution in [0, 0.1) is 0 Å². The monoisotopic (exact) mass is 951 g/mol. The highest BCUT2D eigenvalue weighted by molar-refractivity contribution is 5.71. The van der Waals surface area contributed by atoms with E-state index < -0.39 is 6.10 Å². The largest absolute Gasteiger partial charge is 0.462 e. The molecule has 0 spiro atoms. The van der Waals surface area contributed by atoms with Crippen molar-refractivity contribution >= 4 is 17.9 Å². The number of carbonyl (C=O) groups excluding carboxylic acids is 3. The molecular formula is C62H110O6. The SMILES string of the molecule is CCCCCC/C=C\C/C=C\CCCCCCCC(=O)OC(COC(=O)CCCCCCC/C=C\CCCCCC)COC(=O)CCCCCCCCCCC/C=C\C/C=C\CCCCCCC. The first-order chi connectivity index (χ1) is 33.5. The van der Waals surface area contributed by atoms with Gasteiger partial charge < -0.3 is 14.2 Å². The zero-order valence-corrected chi connectivity index (χ0v) is 45.1. The first-order valence-electron chi connectivity index (χ1n) is 29.3.